The highest BCUT2D eigenvalue weighted by Gasteiger charge is 2.14. The van der Waals surface area contributed by atoms with Crippen LogP contribution in [0.3, 0.4) is 0 Å². The summed E-state index contributed by atoms with van der Waals surface area (Å²) < 4.78 is 27.4. The molecule has 4 heteroatoms. The van der Waals surface area contributed by atoms with Crippen molar-refractivity contribution in [3.8, 4) is 0 Å². The number of hydrogen-bond donors (Lipinski definition) is 1. The summed E-state index contributed by atoms with van der Waals surface area (Å²) in [6.07, 6.45) is 0.332. The van der Waals surface area contributed by atoms with Crippen LogP contribution in [0, 0.1) is 11.6 Å². The van der Waals surface area contributed by atoms with Crippen LogP contribution in [0.4, 0.5) is 8.78 Å². The lowest BCUT2D eigenvalue weighted by atomic mass is 9.92. The third-order valence-electron chi connectivity index (χ3n) is 3.02. The van der Waals surface area contributed by atoms with Gasteiger partial charge in [0.2, 0.25) is 0 Å². The maximum absolute atomic E-state index is 13.6. The van der Waals surface area contributed by atoms with Crippen molar-refractivity contribution in [2.45, 2.75) is 12.3 Å². The van der Waals surface area contributed by atoms with Crippen molar-refractivity contribution in [2.24, 2.45) is 0 Å². The lowest BCUT2D eigenvalue weighted by Gasteiger charge is -2.15. The molecule has 0 spiro atoms. The third kappa shape index (κ3) is 3.61. The van der Waals surface area contributed by atoms with Gasteiger partial charge in [0.1, 0.15) is 11.6 Å². The van der Waals surface area contributed by atoms with Crippen molar-refractivity contribution < 1.29 is 13.9 Å². The smallest absolute Gasteiger partial charge is 0.129 e. The van der Waals surface area contributed by atoms with Crippen LogP contribution in [-0.2, 0) is 6.42 Å². The van der Waals surface area contributed by atoms with Crippen molar-refractivity contribution in [3.05, 3.63) is 69.7 Å². The van der Waals surface area contributed by atoms with Gasteiger partial charge in [-0.25, -0.2) is 8.78 Å². The van der Waals surface area contributed by atoms with E-state index in [0.717, 1.165) is 16.1 Å². The topological polar surface area (TPSA) is 20.2 Å². The van der Waals surface area contributed by atoms with E-state index in [9.17, 15) is 13.9 Å². The van der Waals surface area contributed by atoms with Crippen molar-refractivity contribution in [2.75, 3.05) is 6.61 Å². The minimum Gasteiger partial charge on any atom is -0.396 e. The minimum absolute atomic E-state index is 0.0900. The number of benzene rings is 2. The van der Waals surface area contributed by atoms with Crippen LogP contribution in [0.15, 0.2) is 46.9 Å². The maximum atomic E-state index is 13.6. The predicted octanol–water partition coefficient (Wildman–Crippen LogP) is 4.05. The molecule has 0 fully saturated rings. The Hall–Kier alpha value is -1.26. The SMILES string of the molecule is OCC(Cc1ccc(F)cc1F)c1cccc(Br)c1. The van der Waals surface area contributed by atoms with Gasteiger partial charge >= 0.3 is 0 Å². The van der Waals surface area contributed by atoms with E-state index in [1.165, 1.54) is 12.1 Å². The van der Waals surface area contributed by atoms with Crippen LogP contribution in [0.1, 0.15) is 17.0 Å². The molecule has 0 saturated heterocycles. The fourth-order valence-electron chi connectivity index (χ4n) is 2.00. The van der Waals surface area contributed by atoms with Crippen molar-refractivity contribution in [3.63, 3.8) is 0 Å². The first-order valence-electron chi connectivity index (χ1n) is 5.90. The predicted molar refractivity (Wildman–Crippen MR) is 74.0 cm³/mol. The Balaban J connectivity index is 2.24. The van der Waals surface area contributed by atoms with E-state index >= 15 is 0 Å². The fraction of sp³-hybridized carbons (Fsp3) is 0.200. The van der Waals surface area contributed by atoms with Gasteiger partial charge in [0.15, 0.2) is 0 Å². The third-order valence-corrected chi connectivity index (χ3v) is 3.52. The highest BCUT2D eigenvalue weighted by molar-refractivity contribution is 9.10. The first kappa shape index (κ1) is 14.2. The zero-order valence-corrected chi connectivity index (χ0v) is 11.7. The molecule has 0 bridgehead atoms. The van der Waals surface area contributed by atoms with E-state index in [-0.39, 0.29) is 12.5 Å². The Morgan fingerprint density at radius 3 is 2.53 bits per heavy atom. The Bertz CT molecular complexity index is 572. The quantitative estimate of drug-likeness (QED) is 0.898. The van der Waals surface area contributed by atoms with Gasteiger partial charge < -0.3 is 5.11 Å². The van der Waals surface area contributed by atoms with Gasteiger partial charge in [0.25, 0.3) is 0 Å². The van der Waals surface area contributed by atoms with E-state index in [1.807, 2.05) is 24.3 Å². The summed E-state index contributed by atoms with van der Waals surface area (Å²) in [5.41, 5.74) is 1.32. The van der Waals surface area contributed by atoms with Gasteiger partial charge in [0.05, 0.1) is 6.61 Å². The van der Waals surface area contributed by atoms with Crippen LogP contribution in [-0.4, -0.2) is 11.7 Å². The molecule has 100 valence electrons. The van der Waals surface area contributed by atoms with Gasteiger partial charge in [-0.05, 0) is 35.7 Å². The summed E-state index contributed by atoms with van der Waals surface area (Å²) in [6, 6.07) is 11.0. The molecule has 0 aliphatic rings. The molecule has 0 aliphatic carbocycles. The van der Waals surface area contributed by atoms with Crippen molar-refractivity contribution in [1.29, 1.82) is 0 Å². The lowest BCUT2D eigenvalue weighted by Crippen LogP contribution is -2.09. The van der Waals surface area contributed by atoms with Crippen LogP contribution in [0.5, 0.6) is 0 Å². The van der Waals surface area contributed by atoms with E-state index < -0.39 is 11.6 Å². The van der Waals surface area contributed by atoms with E-state index in [4.69, 9.17) is 0 Å². The van der Waals surface area contributed by atoms with Crippen LogP contribution in [0.25, 0.3) is 0 Å². The first-order chi connectivity index (χ1) is 9.10. The summed E-state index contributed by atoms with van der Waals surface area (Å²) in [4.78, 5) is 0. The molecule has 1 nitrogen and oxygen atoms in total. The molecule has 1 unspecified atom stereocenters. The van der Waals surface area contributed by atoms with Crippen LogP contribution < -0.4 is 0 Å². The number of aliphatic hydroxyl groups is 1. The number of aliphatic hydroxyl groups excluding tert-OH is 1. The van der Waals surface area contributed by atoms with Gasteiger partial charge in [-0.1, -0.05) is 34.1 Å². The van der Waals surface area contributed by atoms with Gasteiger partial charge in [-0.2, -0.15) is 0 Å². The summed E-state index contributed by atoms with van der Waals surface area (Å²) >= 11 is 3.36. The highest BCUT2D eigenvalue weighted by Crippen LogP contribution is 2.24. The average Bonchev–Trinajstić information content (AvgIpc) is 2.38. The molecule has 0 radical (unpaired) electrons. The zero-order chi connectivity index (χ0) is 13.8. The molecule has 0 aliphatic heterocycles. The summed E-state index contributed by atoms with van der Waals surface area (Å²) in [5, 5.41) is 9.47. The summed E-state index contributed by atoms with van der Waals surface area (Å²) in [7, 11) is 0. The van der Waals surface area contributed by atoms with Crippen molar-refractivity contribution >= 4 is 15.9 Å². The Morgan fingerprint density at radius 1 is 1.11 bits per heavy atom. The molecule has 0 saturated carbocycles. The molecular formula is C15H13BrF2O. The van der Waals surface area contributed by atoms with Gasteiger partial charge in [-0.15, -0.1) is 0 Å². The monoisotopic (exact) mass is 326 g/mol. The first-order valence-corrected chi connectivity index (χ1v) is 6.69. The second kappa shape index (κ2) is 6.26. The van der Waals surface area contributed by atoms with E-state index in [0.29, 0.717) is 12.0 Å². The maximum Gasteiger partial charge on any atom is 0.129 e. The minimum atomic E-state index is -0.593. The summed E-state index contributed by atoms with van der Waals surface area (Å²) in [6.45, 7) is -0.0900. The molecule has 0 heterocycles. The van der Waals surface area contributed by atoms with Crippen LogP contribution >= 0.6 is 15.9 Å². The molecule has 1 atom stereocenters. The molecule has 0 aromatic heterocycles. The van der Waals surface area contributed by atoms with Gasteiger partial charge in [0, 0.05) is 16.5 Å². The summed E-state index contributed by atoms with van der Waals surface area (Å²) in [5.74, 6) is -1.38. The fourth-order valence-corrected chi connectivity index (χ4v) is 2.42. The molecule has 19 heavy (non-hydrogen) atoms. The van der Waals surface area contributed by atoms with Crippen molar-refractivity contribution in [1.82, 2.24) is 0 Å². The average molecular weight is 327 g/mol. The standard InChI is InChI=1S/C15H13BrF2O/c16-13-3-1-2-10(7-13)12(9-19)6-11-4-5-14(17)8-15(11)18/h1-5,7-8,12,19H,6,9H2. The van der Waals surface area contributed by atoms with E-state index in [2.05, 4.69) is 15.9 Å². The lowest BCUT2D eigenvalue weighted by molar-refractivity contribution is 0.263. The molecule has 1 N–H and O–H groups in total. The van der Waals surface area contributed by atoms with Crippen LogP contribution in [0.2, 0.25) is 0 Å². The molecule has 2 aromatic carbocycles. The molecule has 2 rings (SSSR count). The molecule has 0 amide bonds. The number of hydrogen-bond acceptors (Lipinski definition) is 1. The highest BCUT2D eigenvalue weighted by atomic mass is 79.9. The zero-order valence-electron chi connectivity index (χ0n) is 10.1. The normalized spacial score (nSPS) is 12.4. The second-order valence-corrected chi connectivity index (χ2v) is 5.29. The Kier molecular flexibility index (Phi) is 4.66. The number of halogens is 3. The van der Waals surface area contributed by atoms with Gasteiger partial charge in [-0.3, -0.25) is 0 Å². The second-order valence-electron chi connectivity index (χ2n) is 4.37. The molecule has 2 aromatic rings. The Morgan fingerprint density at radius 2 is 1.89 bits per heavy atom. The Labute approximate surface area is 119 Å². The molecular weight excluding hydrogens is 314 g/mol. The van der Waals surface area contributed by atoms with E-state index in [1.54, 1.807) is 0 Å². The number of rotatable bonds is 4. The largest absolute Gasteiger partial charge is 0.396 e.